The molecule has 6 heteroatoms. The van der Waals surface area contributed by atoms with E-state index in [2.05, 4.69) is 85.5 Å². The van der Waals surface area contributed by atoms with Crippen LogP contribution in [-0.4, -0.2) is 30.6 Å². The third-order valence-corrected chi connectivity index (χ3v) is 9.82. The van der Waals surface area contributed by atoms with Crippen LogP contribution in [0.2, 0.25) is 0 Å². The molecule has 1 aliphatic heterocycles. The van der Waals surface area contributed by atoms with E-state index in [1.807, 2.05) is 31.3 Å². The second kappa shape index (κ2) is 10.5. The van der Waals surface area contributed by atoms with Crippen molar-refractivity contribution >= 4 is 44.9 Å². The number of fused-ring (bicyclic) bond motifs is 1. The molecule has 0 unspecified atom stereocenters. The molecule has 0 saturated carbocycles. The van der Waals surface area contributed by atoms with Gasteiger partial charge in [-0.15, -0.1) is 0 Å². The minimum absolute atomic E-state index is 0.132. The number of benzene rings is 3. The second-order valence-corrected chi connectivity index (χ2v) is 14.7. The number of carbonyl (C=O) groups excluding carboxylic acids is 2. The molecule has 3 aliphatic rings. The Morgan fingerprint density at radius 2 is 1.45 bits per heavy atom. The van der Waals surface area contributed by atoms with E-state index >= 15 is 0 Å². The number of hydrogen-bond donors (Lipinski definition) is 0. The molecule has 0 aromatic heterocycles. The number of nitrogens with zero attached hydrogens (tertiary/aromatic N) is 1. The quantitative estimate of drug-likeness (QED) is 0.255. The molecular weight excluding hydrogens is 637 g/mol. The summed E-state index contributed by atoms with van der Waals surface area (Å²) in [5, 5.41) is 2.33. The van der Waals surface area contributed by atoms with Crippen molar-refractivity contribution in [1.29, 1.82) is 0 Å². The zero-order valence-electron chi connectivity index (χ0n) is 25.3. The zero-order valence-corrected chi connectivity index (χ0v) is 27.4. The average Bonchev–Trinajstić information content (AvgIpc) is 2.92. The Kier molecular flexibility index (Phi) is 7.27. The van der Waals surface area contributed by atoms with Crippen molar-refractivity contribution in [3.63, 3.8) is 0 Å². The Balaban J connectivity index is 1.45. The van der Waals surface area contributed by atoms with E-state index < -0.39 is 5.92 Å². The molecule has 42 heavy (non-hydrogen) atoms. The van der Waals surface area contributed by atoms with Gasteiger partial charge in [-0.1, -0.05) is 70.2 Å². The van der Waals surface area contributed by atoms with E-state index in [9.17, 15) is 9.59 Å². The van der Waals surface area contributed by atoms with Crippen LogP contribution in [0.25, 0.3) is 10.8 Å². The summed E-state index contributed by atoms with van der Waals surface area (Å²) in [6, 6.07) is 18.6. The summed E-state index contributed by atoms with van der Waals surface area (Å²) in [6.07, 6.45) is 2.54. The van der Waals surface area contributed by atoms with Gasteiger partial charge in [0.2, 0.25) is 0 Å². The molecule has 0 radical (unpaired) electrons. The van der Waals surface area contributed by atoms with E-state index in [0.717, 1.165) is 55.5 Å². The maximum Gasteiger partial charge on any atom is 0.174 e. The highest BCUT2D eigenvalue weighted by atomic mass is 127. The summed E-state index contributed by atoms with van der Waals surface area (Å²) in [5.41, 5.74) is 5.38. The van der Waals surface area contributed by atoms with Crippen LogP contribution in [-0.2, 0) is 16.2 Å². The van der Waals surface area contributed by atoms with Crippen molar-refractivity contribution in [2.45, 2.75) is 65.9 Å². The lowest BCUT2D eigenvalue weighted by atomic mass is 9.64. The third-order valence-electron chi connectivity index (χ3n) is 9.02. The van der Waals surface area contributed by atoms with Gasteiger partial charge in [-0.2, -0.15) is 0 Å². The van der Waals surface area contributed by atoms with Gasteiger partial charge < -0.3 is 14.4 Å². The molecule has 0 amide bonds. The Hall–Kier alpha value is -3.13. The summed E-state index contributed by atoms with van der Waals surface area (Å²) in [5.74, 6) is 1.12. The van der Waals surface area contributed by atoms with Crippen LogP contribution in [0.3, 0.4) is 0 Å². The highest BCUT2D eigenvalue weighted by Gasteiger charge is 2.48. The first-order valence-corrected chi connectivity index (χ1v) is 15.7. The molecule has 3 aromatic carbocycles. The first-order chi connectivity index (χ1) is 19.9. The average molecular weight is 676 g/mol. The summed E-state index contributed by atoms with van der Waals surface area (Å²) in [6.45, 7) is 9.03. The molecule has 0 fully saturated rings. The minimum atomic E-state index is -0.409. The lowest BCUT2D eigenvalue weighted by Gasteiger charge is -2.48. The largest absolute Gasteiger partial charge is 0.493 e. The maximum atomic E-state index is 13.9. The van der Waals surface area contributed by atoms with Gasteiger partial charge in [-0.05, 0) is 80.3 Å². The first kappa shape index (κ1) is 29.0. The van der Waals surface area contributed by atoms with Crippen molar-refractivity contribution < 1.29 is 19.1 Å². The molecule has 1 heterocycles. The third kappa shape index (κ3) is 5.06. The van der Waals surface area contributed by atoms with Crippen LogP contribution < -0.4 is 9.47 Å². The molecule has 0 saturated heterocycles. The van der Waals surface area contributed by atoms with Gasteiger partial charge in [0.05, 0.1) is 10.7 Å². The fourth-order valence-corrected chi connectivity index (χ4v) is 7.89. The van der Waals surface area contributed by atoms with Crippen LogP contribution in [0.1, 0.15) is 70.4 Å². The summed E-state index contributed by atoms with van der Waals surface area (Å²) >= 11 is 2.30. The van der Waals surface area contributed by atoms with Crippen molar-refractivity contribution in [1.82, 2.24) is 4.90 Å². The number of methoxy groups -OCH3 is 1. The number of rotatable bonds is 5. The van der Waals surface area contributed by atoms with Gasteiger partial charge in [0.15, 0.2) is 23.1 Å². The predicted octanol–water partition coefficient (Wildman–Crippen LogP) is 8.35. The van der Waals surface area contributed by atoms with E-state index in [4.69, 9.17) is 9.47 Å². The van der Waals surface area contributed by atoms with Crippen LogP contribution in [0.15, 0.2) is 77.1 Å². The fourth-order valence-electron chi connectivity index (χ4n) is 7.11. The van der Waals surface area contributed by atoms with Gasteiger partial charge in [0.25, 0.3) is 0 Å². The molecule has 5 nitrogen and oxygen atoms in total. The zero-order chi connectivity index (χ0) is 30.0. The normalized spacial score (nSPS) is 20.1. The number of carbonyl (C=O) groups is 2. The van der Waals surface area contributed by atoms with Gasteiger partial charge in [-0.3, -0.25) is 9.59 Å². The van der Waals surface area contributed by atoms with E-state index in [1.165, 1.54) is 5.39 Å². The number of ether oxygens (including phenoxy) is 2. The monoisotopic (exact) mass is 675 g/mol. The number of ketones is 2. The van der Waals surface area contributed by atoms with Gasteiger partial charge in [0, 0.05) is 48.3 Å². The smallest absolute Gasteiger partial charge is 0.174 e. The SMILES string of the molecule is COc1cc(C2C3=C(CC(C)(C)CC3=O)N(C)C3=C2C(=O)CC(C)(C)C3)cc(I)c1OCc1cccc2ccccc12. The number of Topliss-reactive ketones (excluding diaryl/α,β-unsaturated/α-hetero) is 2. The molecule has 0 spiro atoms. The summed E-state index contributed by atoms with van der Waals surface area (Å²) in [7, 11) is 3.69. The van der Waals surface area contributed by atoms with E-state index in [-0.39, 0.29) is 22.4 Å². The molecular formula is C36H38INO4. The lowest BCUT2D eigenvalue weighted by molar-refractivity contribution is -0.119. The molecule has 0 bridgehead atoms. The Labute approximate surface area is 262 Å². The van der Waals surface area contributed by atoms with Crippen LogP contribution in [0.5, 0.6) is 11.5 Å². The van der Waals surface area contributed by atoms with Crippen molar-refractivity contribution in [2.24, 2.45) is 10.8 Å². The van der Waals surface area contributed by atoms with Crippen LogP contribution in [0.4, 0.5) is 0 Å². The molecule has 0 atom stereocenters. The molecule has 218 valence electrons. The highest BCUT2D eigenvalue weighted by molar-refractivity contribution is 14.1. The maximum absolute atomic E-state index is 13.9. The lowest BCUT2D eigenvalue weighted by Crippen LogP contribution is -2.43. The molecule has 3 aromatic rings. The van der Waals surface area contributed by atoms with Gasteiger partial charge in [0.1, 0.15) is 6.61 Å². The van der Waals surface area contributed by atoms with Crippen LogP contribution >= 0.6 is 22.6 Å². The van der Waals surface area contributed by atoms with Gasteiger partial charge in [-0.25, -0.2) is 0 Å². The first-order valence-electron chi connectivity index (χ1n) is 14.6. The van der Waals surface area contributed by atoms with Crippen molar-refractivity contribution in [3.8, 4) is 11.5 Å². The molecule has 0 N–H and O–H groups in total. The number of hydrogen-bond acceptors (Lipinski definition) is 5. The van der Waals surface area contributed by atoms with E-state index in [0.29, 0.717) is 30.9 Å². The van der Waals surface area contributed by atoms with Crippen molar-refractivity contribution in [3.05, 3.63) is 91.8 Å². The fraction of sp³-hybridized carbons (Fsp3) is 0.389. The molecule has 6 rings (SSSR count). The van der Waals surface area contributed by atoms with E-state index in [1.54, 1.807) is 7.11 Å². The predicted molar refractivity (Wildman–Crippen MR) is 175 cm³/mol. The standard InChI is InChI=1S/C36H38INO4/c1-35(2)16-26-32(28(39)18-35)31(33-27(38(26)5)17-36(3,4)19-29(33)40)23-14-25(37)34(30(15-23)41-6)42-20-22-12-9-11-21-10-7-8-13-24(21)22/h7-15,31H,16-20H2,1-6H3. The summed E-state index contributed by atoms with van der Waals surface area (Å²) in [4.78, 5) is 29.9. The van der Waals surface area contributed by atoms with Crippen molar-refractivity contribution in [2.75, 3.05) is 14.2 Å². The topological polar surface area (TPSA) is 55.8 Å². The Bertz CT molecular complexity index is 1640. The van der Waals surface area contributed by atoms with Crippen LogP contribution in [0, 0.1) is 14.4 Å². The Morgan fingerprint density at radius 3 is 2.07 bits per heavy atom. The Morgan fingerprint density at radius 1 is 0.857 bits per heavy atom. The number of halogens is 1. The minimum Gasteiger partial charge on any atom is -0.493 e. The summed E-state index contributed by atoms with van der Waals surface area (Å²) < 4.78 is 13.2. The second-order valence-electron chi connectivity index (χ2n) is 13.6. The number of allylic oxidation sites excluding steroid dienone is 4. The van der Waals surface area contributed by atoms with Gasteiger partial charge >= 0.3 is 0 Å². The highest BCUT2D eigenvalue weighted by Crippen LogP contribution is 2.54. The molecule has 2 aliphatic carbocycles.